The molecule has 2 unspecified atom stereocenters. The second-order valence-electron chi connectivity index (χ2n) is 11.3. The summed E-state index contributed by atoms with van der Waals surface area (Å²) in [6, 6.07) is 11.7. The monoisotopic (exact) mass is 569 g/mol. The second kappa shape index (κ2) is 11.5. The van der Waals surface area contributed by atoms with Crippen LogP contribution in [-0.4, -0.2) is 60.7 Å². The molecule has 0 saturated carbocycles. The number of hydrogen-bond donors (Lipinski definition) is 1. The number of carbonyl (C=O) groups excluding carboxylic acids is 1. The Bertz CT molecular complexity index is 1330. The highest BCUT2D eigenvalue weighted by atomic mass is 35.5. The largest absolute Gasteiger partial charge is 0.476 e. The van der Waals surface area contributed by atoms with E-state index >= 15 is 0 Å². The molecule has 2 aliphatic rings. The summed E-state index contributed by atoms with van der Waals surface area (Å²) in [5.74, 6) is -0.329. The molecule has 1 saturated heterocycles. The SMILES string of the molecule is CN(C#N)c1cc2c(cc1Cl)N(C(O)OC(C)(C)C)CC(C(=O)N1CCC(C#N)(Cc3ccc(F)cc3)CC1)O2. The number of aliphatic hydroxyl groups excluding tert-OH is 1. The third-order valence-electron chi connectivity index (χ3n) is 7.21. The van der Waals surface area contributed by atoms with Crippen LogP contribution in [0.25, 0.3) is 0 Å². The predicted octanol–water partition coefficient (Wildman–Crippen LogP) is 4.43. The molecule has 212 valence electrons. The van der Waals surface area contributed by atoms with E-state index in [2.05, 4.69) is 6.07 Å². The molecule has 9 nitrogen and oxygen atoms in total. The van der Waals surface area contributed by atoms with E-state index in [9.17, 15) is 24.8 Å². The van der Waals surface area contributed by atoms with Crippen molar-refractivity contribution in [1.29, 1.82) is 10.5 Å². The van der Waals surface area contributed by atoms with Crippen LogP contribution in [0.15, 0.2) is 36.4 Å². The van der Waals surface area contributed by atoms with Crippen molar-refractivity contribution in [3.05, 3.63) is 52.8 Å². The van der Waals surface area contributed by atoms with Crippen LogP contribution in [0.1, 0.15) is 39.2 Å². The lowest BCUT2D eigenvalue weighted by atomic mass is 9.75. The van der Waals surface area contributed by atoms with Gasteiger partial charge in [0, 0.05) is 26.2 Å². The smallest absolute Gasteiger partial charge is 0.265 e. The van der Waals surface area contributed by atoms with Crippen LogP contribution in [0.5, 0.6) is 5.75 Å². The standard InChI is InChI=1S/C29H33ClFN5O4/c1-28(2,3)40-27(38)36-16-25(39-24-14-22(34(4)18-33)21(30)13-23(24)36)26(37)35-11-9-29(17-32,10-12-35)15-19-5-7-20(31)8-6-19/h5-8,13-14,25,27,38H,9-12,15-16H2,1-4H3. The fourth-order valence-corrected chi connectivity index (χ4v) is 5.31. The van der Waals surface area contributed by atoms with Crippen molar-refractivity contribution in [2.24, 2.45) is 5.41 Å². The molecule has 1 N–H and O–H groups in total. The van der Waals surface area contributed by atoms with Crippen LogP contribution in [0.4, 0.5) is 15.8 Å². The number of nitriles is 2. The first-order chi connectivity index (χ1) is 18.8. The first-order valence-corrected chi connectivity index (χ1v) is 13.4. The fourth-order valence-electron chi connectivity index (χ4n) is 5.03. The quantitative estimate of drug-likeness (QED) is 0.309. The Hall–Kier alpha value is -3.57. The zero-order chi connectivity index (χ0) is 29.2. The number of carbonyl (C=O) groups is 1. The Morgan fingerprint density at radius 2 is 1.93 bits per heavy atom. The number of benzene rings is 2. The summed E-state index contributed by atoms with van der Waals surface area (Å²) in [7, 11) is 1.55. The van der Waals surface area contributed by atoms with Gasteiger partial charge in [-0.3, -0.25) is 9.69 Å². The van der Waals surface area contributed by atoms with Gasteiger partial charge < -0.3 is 24.4 Å². The zero-order valence-corrected chi connectivity index (χ0v) is 23.8. The van der Waals surface area contributed by atoms with Gasteiger partial charge in [-0.1, -0.05) is 23.7 Å². The van der Waals surface area contributed by atoms with Gasteiger partial charge in [-0.2, -0.15) is 10.5 Å². The summed E-state index contributed by atoms with van der Waals surface area (Å²) in [5.41, 5.74) is 0.350. The molecular formula is C29H33ClFN5O4. The van der Waals surface area contributed by atoms with Crippen LogP contribution in [0.2, 0.25) is 5.02 Å². The first-order valence-electron chi connectivity index (χ1n) is 13.1. The number of rotatable bonds is 6. The molecule has 0 spiro atoms. The molecule has 0 aliphatic carbocycles. The number of piperidine rings is 1. The molecule has 2 aromatic carbocycles. The molecule has 2 aliphatic heterocycles. The minimum atomic E-state index is -1.39. The fraction of sp³-hybridized carbons (Fsp3) is 0.483. The summed E-state index contributed by atoms with van der Waals surface area (Å²) >= 11 is 6.45. The number of halogens is 2. The average Bonchev–Trinajstić information content (AvgIpc) is 2.92. The van der Waals surface area contributed by atoms with E-state index < -0.39 is 23.5 Å². The van der Waals surface area contributed by atoms with Gasteiger partial charge in [0.2, 0.25) is 6.41 Å². The molecule has 11 heteroatoms. The van der Waals surface area contributed by atoms with Crippen molar-refractivity contribution in [2.45, 2.75) is 58.2 Å². The topological polar surface area (TPSA) is 113 Å². The van der Waals surface area contributed by atoms with Gasteiger partial charge in [0.15, 0.2) is 12.3 Å². The molecule has 4 rings (SSSR count). The van der Waals surface area contributed by atoms with Crippen LogP contribution in [0.3, 0.4) is 0 Å². The summed E-state index contributed by atoms with van der Waals surface area (Å²) < 4.78 is 25.3. The van der Waals surface area contributed by atoms with Gasteiger partial charge in [-0.05, 0) is 63.8 Å². The van der Waals surface area contributed by atoms with Gasteiger partial charge in [0.25, 0.3) is 5.91 Å². The normalized spacial score (nSPS) is 19.1. The Balaban J connectivity index is 1.55. The summed E-state index contributed by atoms with van der Waals surface area (Å²) in [5, 5.41) is 30.6. The Kier molecular flexibility index (Phi) is 8.46. The van der Waals surface area contributed by atoms with E-state index in [4.69, 9.17) is 21.1 Å². The van der Waals surface area contributed by atoms with Crippen LogP contribution in [0, 0.1) is 34.0 Å². The lowest BCUT2D eigenvalue weighted by Gasteiger charge is -2.43. The minimum absolute atomic E-state index is 0.00230. The molecule has 0 aromatic heterocycles. The van der Waals surface area contributed by atoms with Crippen molar-refractivity contribution in [3.63, 3.8) is 0 Å². The summed E-state index contributed by atoms with van der Waals surface area (Å²) in [6.45, 7) is 6.12. The maximum absolute atomic E-state index is 13.7. The molecule has 2 heterocycles. The van der Waals surface area contributed by atoms with Crippen molar-refractivity contribution in [1.82, 2.24) is 4.90 Å². The van der Waals surface area contributed by atoms with Crippen LogP contribution in [-0.2, 0) is 16.0 Å². The zero-order valence-electron chi connectivity index (χ0n) is 23.0. The number of hydrogen-bond acceptors (Lipinski definition) is 8. The third-order valence-corrected chi connectivity index (χ3v) is 7.51. The molecule has 1 amide bonds. The van der Waals surface area contributed by atoms with E-state index in [-0.39, 0.29) is 29.0 Å². The highest BCUT2D eigenvalue weighted by Gasteiger charge is 2.41. The molecule has 40 heavy (non-hydrogen) atoms. The highest BCUT2D eigenvalue weighted by Crippen LogP contribution is 2.43. The maximum atomic E-state index is 13.7. The lowest BCUT2D eigenvalue weighted by Crippen LogP contribution is -2.56. The van der Waals surface area contributed by atoms with E-state index in [1.165, 1.54) is 21.9 Å². The predicted molar refractivity (Wildman–Crippen MR) is 148 cm³/mol. The lowest BCUT2D eigenvalue weighted by molar-refractivity contribution is -0.168. The van der Waals surface area contributed by atoms with Crippen molar-refractivity contribution >= 4 is 28.9 Å². The van der Waals surface area contributed by atoms with Crippen LogP contribution < -0.4 is 14.5 Å². The van der Waals surface area contributed by atoms with Gasteiger partial charge in [-0.25, -0.2) is 4.39 Å². The Labute approximate surface area is 238 Å². The Morgan fingerprint density at radius 3 is 2.50 bits per heavy atom. The van der Waals surface area contributed by atoms with E-state index in [0.717, 1.165) is 5.56 Å². The molecular weight excluding hydrogens is 537 g/mol. The summed E-state index contributed by atoms with van der Waals surface area (Å²) in [4.78, 5) is 18.2. The van der Waals surface area contributed by atoms with E-state index in [0.29, 0.717) is 43.7 Å². The molecule has 2 aromatic rings. The van der Waals surface area contributed by atoms with Crippen molar-refractivity contribution < 1.29 is 23.8 Å². The summed E-state index contributed by atoms with van der Waals surface area (Å²) in [6.07, 6.45) is 1.03. The second-order valence-corrected chi connectivity index (χ2v) is 11.7. The number of likely N-dealkylation sites (tertiary alicyclic amines) is 1. The molecule has 1 fully saturated rings. The minimum Gasteiger partial charge on any atom is -0.476 e. The number of aliphatic hydroxyl groups is 1. The van der Waals surface area contributed by atoms with Crippen LogP contribution >= 0.6 is 11.6 Å². The third kappa shape index (κ3) is 6.42. The van der Waals surface area contributed by atoms with Crippen molar-refractivity contribution in [2.75, 3.05) is 36.5 Å². The first kappa shape index (κ1) is 29.4. The number of nitrogens with zero attached hydrogens (tertiary/aromatic N) is 5. The maximum Gasteiger partial charge on any atom is 0.265 e. The molecule has 2 atom stereocenters. The molecule has 0 bridgehead atoms. The number of amides is 1. The highest BCUT2D eigenvalue weighted by molar-refractivity contribution is 6.33. The van der Waals surface area contributed by atoms with E-state index in [1.807, 2.05) is 6.19 Å². The Morgan fingerprint density at radius 1 is 1.27 bits per heavy atom. The van der Waals surface area contributed by atoms with Gasteiger partial charge in [0.1, 0.15) is 11.6 Å². The van der Waals surface area contributed by atoms with Gasteiger partial charge in [0.05, 0.1) is 40.0 Å². The van der Waals surface area contributed by atoms with Gasteiger partial charge >= 0.3 is 0 Å². The number of anilines is 2. The van der Waals surface area contributed by atoms with Crippen molar-refractivity contribution in [3.8, 4) is 18.0 Å². The number of ether oxygens (including phenoxy) is 2. The van der Waals surface area contributed by atoms with Gasteiger partial charge in [-0.15, -0.1) is 0 Å². The number of fused-ring (bicyclic) bond motifs is 1. The average molecular weight is 570 g/mol. The van der Waals surface area contributed by atoms with E-state index in [1.54, 1.807) is 57.0 Å². The molecule has 0 radical (unpaired) electrons.